The number of nitrogens with zero attached hydrogens (tertiary/aromatic N) is 7. The van der Waals surface area contributed by atoms with E-state index < -0.39 is 5.60 Å². The first-order chi connectivity index (χ1) is 20.9. The molecule has 3 aromatic heterocycles. The summed E-state index contributed by atoms with van der Waals surface area (Å²) in [6, 6.07) is 5.28. The van der Waals surface area contributed by atoms with Crippen LogP contribution in [0.1, 0.15) is 45.3 Å². The molecule has 232 valence electrons. The number of nitrogens with two attached hydrogens (primary N) is 1. The topological polar surface area (TPSA) is 153 Å². The van der Waals surface area contributed by atoms with Gasteiger partial charge in [0.1, 0.15) is 34.2 Å². The number of amides is 1. The number of ether oxygens (including phenoxy) is 3. The smallest absolute Gasteiger partial charge is 0.410 e. The van der Waals surface area contributed by atoms with Gasteiger partial charge >= 0.3 is 6.09 Å². The van der Waals surface area contributed by atoms with Gasteiger partial charge in [0.15, 0.2) is 5.82 Å². The summed E-state index contributed by atoms with van der Waals surface area (Å²) in [7, 11) is 4.73. The number of benzene rings is 1. The Bertz CT molecular complexity index is 1730. The van der Waals surface area contributed by atoms with E-state index in [1.54, 1.807) is 56.8 Å². The minimum atomic E-state index is -0.533. The van der Waals surface area contributed by atoms with Crippen molar-refractivity contribution in [1.29, 1.82) is 0 Å². The maximum Gasteiger partial charge on any atom is 0.410 e. The monoisotopic (exact) mass is 602 g/mol. The molecule has 1 amide bonds. The van der Waals surface area contributed by atoms with Crippen LogP contribution in [0.4, 0.5) is 10.6 Å². The summed E-state index contributed by atoms with van der Waals surface area (Å²) in [5.41, 5.74) is 9.06. The van der Waals surface area contributed by atoms with Crippen molar-refractivity contribution in [2.75, 3.05) is 33.0 Å². The molecule has 5 rings (SSSR count). The number of carbonyl (C=O) groups is 1. The van der Waals surface area contributed by atoms with Gasteiger partial charge in [-0.3, -0.25) is 9.48 Å². The van der Waals surface area contributed by atoms with Crippen LogP contribution in [-0.4, -0.2) is 73.2 Å². The maximum absolute atomic E-state index is 13.2. The van der Waals surface area contributed by atoms with Gasteiger partial charge in [0, 0.05) is 49.7 Å². The van der Waals surface area contributed by atoms with Crippen LogP contribution in [0.2, 0.25) is 0 Å². The zero-order valence-corrected chi connectivity index (χ0v) is 26.1. The Labute approximate surface area is 255 Å². The van der Waals surface area contributed by atoms with Crippen LogP contribution in [0, 0.1) is 6.92 Å². The largest absolute Gasteiger partial charge is 0.497 e. The first-order valence-corrected chi connectivity index (χ1v) is 14.3. The lowest BCUT2D eigenvalue weighted by atomic mass is 10.1. The Balaban J connectivity index is 1.44. The summed E-state index contributed by atoms with van der Waals surface area (Å²) in [5.74, 6) is 1.23. The third-order valence-corrected chi connectivity index (χ3v) is 7.42. The van der Waals surface area contributed by atoms with E-state index in [9.17, 15) is 9.59 Å². The van der Waals surface area contributed by atoms with Crippen molar-refractivity contribution in [3.05, 3.63) is 52.8 Å². The third kappa shape index (κ3) is 6.36. The van der Waals surface area contributed by atoms with E-state index in [0.717, 1.165) is 24.1 Å². The number of nitrogen functional groups attached to an aromatic ring is 1. The number of rotatable bonds is 6. The van der Waals surface area contributed by atoms with E-state index in [2.05, 4.69) is 9.97 Å². The molecule has 1 aromatic carbocycles. The van der Waals surface area contributed by atoms with Gasteiger partial charge in [0.25, 0.3) is 5.56 Å². The quantitative estimate of drug-likeness (QED) is 0.339. The number of aromatic nitrogens is 6. The van der Waals surface area contributed by atoms with Crippen LogP contribution in [0.25, 0.3) is 33.9 Å². The molecule has 0 radical (unpaired) electrons. The molecule has 0 unspecified atom stereocenters. The van der Waals surface area contributed by atoms with Gasteiger partial charge in [-0.1, -0.05) is 0 Å². The normalized spacial score (nSPS) is 14.0. The lowest BCUT2D eigenvalue weighted by Gasteiger charge is -2.33. The third-order valence-electron chi connectivity index (χ3n) is 7.42. The van der Waals surface area contributed by atoms with E-state index in [1.807, 2.05) is 38.6 Å². The van der Waals surface area contributed by atoms with Crippen LogP contribution in [0.3, 0.4) is 0 Å². The molecule has 1 saturated heterocycles. The molecule has 13 heteroatoms. The van der Waals surface area contributed by atoms with E-state index in [1.165, 1.54) is 4.57 Å². The fourth-order valence-corrected chi connectivity index (χ4v) is 5.13. The van der Waals surface area contributed by atoms with Crippen molar-refractivity contribution in [2.45, 2.75) is 52.2 Å². The summed E-state index contributed by atoms with van der Waals surface area (Å²) >= 11 is 0. The molecule has 0 aliphatic carbocycles. The highest BCUT2D eigenvalue weighted by Gasteiger charge is 2.28. The van der Waals surface area contributed by atoms with Gasteiger partial charge < -0.3 is 29.4 Å². The number of anilines is 1. The molecule has 4 aromatic rings. The van der Waals surface area contributed by atoms with Gasteiger partial charge in [-0.15, -0.1) is 0 Å². The van der Waals surface area contributed by atoms with Crippen molar-refractivity contribution in [3.63, 3.8) is 0 Å². The van der Waals surface area contributed by atoms with Gasteiger partial charge in [-0.05, 0) is 52.7 Å². The number of hydrogen-bond donors (Lipinski definition) is 1. The van der Waals surface area contributed by atoms with E-state index in [0.29, 0.717) is 47.2 Å². The highest BCUT2D eigenvalue weighted by Crippen LogP contribution is 2.32. The van der Waals surface area contributed by atoms with Crippen LogP contribution < -0.4 is 20.8 Å². The second-order valence-electron chi connectivity index (χ2n) is 11.8. The Kier molecular flexibility index (Phi) is 8.31. The van der Waals surface area contributed by atoms with Crippen molar-refractivity contribution in [2.24, 2.45) is 7.05 Å². The molecule has 1 aliphatic heterocycles. The number of methoxy groups -OCH3 is 2. The number of likely N-dealkylation sites (tertiary alicyclic amines) is 1. The molecule has 1 aliphatic rings. The Morgan fingerprint density at radius 2 is 1.61 bits per heavy atom. The van der Waals surface area contributed by atoms with Crippen molar-refractivity contribution >= 4 is 11.9 Å². The first kappa shape index (κ1) is 30.5. The molecule has 1 fully saturated rings. The zero-order valence-electron chi connectivity index (χ0n) is 26.1. The van der Waals surface area contributed by atoms with Gasteiger partial charge in [0.05, 0.1) is 37.8 Å². The SMILES string of the molecule is COc1cc(OC)cc(-c2nc(-c3nc(-c4cn(C5CCN(C(=O)OC(C)(C)C)CC5)nc4C)cnc3N)cn(C)c2=O)c1. The van der Waals surface area contributed by atoms with Crippen LogP contribution in [0.5, 0.6) is 11.5 Å². The number of carbonyl (C=O) groups excluding carboxylic acids is 1. The van der Waals surface area contributed by atoms with E-state index in [4.69, 9.17) is 30.0 Å². The summed E-state index contributed by atoms with van der Waals surface area (Å²) in [5, 5.41) is 4.78. The average molecular weight is 603 g/mol. The minimum absolute atomic E-state index is 0.120. The number of aryl methyl sites for hydroxylation is 2. The number of piperidine rings is 1. The summed E-state index contributed by atoms with van der Waals surface area (Å²) in [6.07, 6.45) is 6.35. The van der Waals surface area contributed by atoms with E-state index in [-0.39, 0.29) is 29.2 Å². The van der Waals surface area contributed by atoms with Gasteiger partial charge in [-0.2, -0.15) is 5.10 Å². The Hall–Kier alpha value is -4.94. The lowest BCUT2D eigenvalue weighted by Crippen LogP contribution is -2.42. The van der Waals surface area contributed by atoms with Crippen molar-refractivity contribution < 1.29 is 19.0 Å². The summed E-state index contributed by atoms with van der Waals surface area (Å²) in [4.78, 5) is 41.3. The van der Waals surface area contributed by atoms with Crippen molar-refractivity contribution in [3.8, 4) is 45.4 Å². The van der Waals surface area contributed by atoms with Crippen molar-refractivity contribution in [1.82, 2.24) is 34.2 Å². The molecule has 0 spiro atoms. The summed E-state index contributed by atoms with van der Waals surface area (Å²) in [6.45, 7) is 8.67. The molecule has 0 bridgehead atoms. The fraction of sp³-hybridized carbons (Fsp3) is 0.419. The van der Waals surface area contributed by atoms with Crippen LogP contribution in [-0.2, 0) is 11.8 Å². The van der Waals surface area contributed by atoms with Crippen LogP contribution >= 0.6 is 0 Å². The Morgan fingerprint density at radius 1 is 0.977 bits per heavy atom. The van der Waals surface area contributed by atoms with Gasteiger partial charge in [0.2, 0.25) is 0 Å². The summed E-state index contributed by atoms with van der Waals surface area (Å²) < 4.78 is 19.7. The van der Waals surface area contributed by atoms with Gasteiger partial charge in [-0.25, -0.2) is 19.7 Å². The predicted molar refractivity (Wildman–Crippen MR) is 165 cm³/mol. The molecule has 13 nitrogen and oxygen atoms in total. The second-order valence-corrected chi connectivity index (χ2v) is 11.8. The fourth-order valence-electron chi connectivity index (χ4n) is 5.13. The lowest BCUT2D eigenvalue weighted by molar-refractivity contribution is 0.0184. The van der Waals surface area contributed by atoms with Crippen LogP contribution in [0.15, 0.2) is 41.6 Å². The number of hydrogen-bond acceptors (Lipinski definition) is 10. The Morgan fingerprint density at radius 3 is 2.23 bits per heavy atom. The van der Waals surface area contributed by atoms with E-state index >= 15 is 0 Å². The molecular weight excluding hydrogens is 564 g/mol. The molecule has 0 saturated carbocycles. The molecule has 2 N–H and O–H groups in total. The first-order valence-electron chi connectivity index (χ1n) is 14.3. The second kappa shape index (κ2) is 12.0. The standard InChI is InChI=1S/C31H38N8O5/c1-18-23(16-39(36-18)20-8-10-38(11-9-20)30(41)44-31(2,3)4)24-15-33-28(32)27(34-24)25-17-37(5)29(40)26(35-25)19-12-21(42-6)14-22(13-19)43-7/h12-17,20H,8-11H2,1-7H3,(H2,32,33). The highest BCUT2D eigenvalue weighted by atomic mass is 16.6. The molecular formula is C31H38N8O5. The molecule has 44 heavy (non-hydrogen) atoms. The maximum atomic E-state index is 13.2. The highest BCUT2D eigenvalue weighted by molar-refractivity contribution is 5.73. The predicted octanol–water partition coefficient (Wildman–Crippen LogP) is 4.25. The minimum Gasteiger partial charge on any atom is -0.497 e. The zero-order chi connectivity index (χ0) is 31.8. The average Bonchev–Trinajstić information content (AvgIpc) is 3.39. The molecule has 0 atom stereocenters. The molecule has 4 heterocycles.